The monoisotopic (exact) mass is 503 g/mol. The maximum atomic E-state index is 6.08. The van der Waals surface area contributed by atoms with Crippen molar-refractivity contribution in [3.63, 3.8) is 0 Å². The highest BCUT2D eigenvalue weighted by atomic mass is 127. The summed E-state index contributed by atoms with van der Waals surface area (Å²) in [7, 11) is 1.98. The zero-order valence-corrected chi connectivity index (χ0v) is 18.6. The van der Waals surface area contributed by atoms with Crippen LogP contribution in [0.25, 0.3) is 11.0 Å². The quantitative estimate of drug-likeness (QED) is 0.167. The number of aromatic nitrogens is 4. The van der Waals surface area contributed by atoms with E-state index in [-0.39, 0.29) is 0 Å². The van der Waals surface area contributed by atoms with E-state index in [0.29, 0.717) is 3.83 Å². The Morgan fingerprint density at radius 1 is 1.11 bits per heavy atom. The maximum absolute atomic E-state index is 6.08. The van der Waals surface area contributed by atoms with Crippen LogP contribution in [-0.4, -0.2) is 25.8 Å². The third-order valence-electron chi connectivity index (χ3n) is 4.26. The second-order valence-electron chi connectivity index (χ2n) is 6.28. The van der Waals surface area contributed by atoms with Crippen molar-refractivity contribution in [1.29, 1.82) is 0 Å². The molecule has 8 heteroatoms. The average Bonchev–Trinajstić information content (AvgIpc) is 3.04. The minimum atomic E-state index is 0.716. The predicted molar refractivity (Wildman–Crippen MR) is 122 cm³/mol. The number of anilines is 2. The zero-order chi connectivity index (χ0) is 19.7. The topological polar surface area (TPSA) is 64.9 Å². The second kappa shape index (κ2) is 7.96. The van der Waals surface area contributed by atoms with Gasteiger partial charge in [-0.3, -0.25) is 0 Å². The van der Waals surface area contributed by atoms with Gasteiger partial charge in [-0.2, -0.15) is 0 Å². The summed E-state index contributed by atoms with van der Waals surface area (Å²) in [5.41, 5.74) is 3.97. The summed E-state index contributed by atoms with van der Waals surface area (Å²) in [6, 6.07) is 13.9. The van der Waals surface area contributed by atoms with E-state index in [9.17, 15) is 0 Å². The summed E-state index contributed by atoms with van der Waals surface area (Å²) in [6.07, 6.45) is 3.80. The van der Waals surface area contributed by atoms with Gasteiger partial charge in [0.15, 0.2) is 3.83 Å². The van der Waals surface area contributed by atoms with Crippen molar-refractivity contribution in [2.45, 2.75) is 11.9 Å². The Kier molecular flexibility index (Phi) is 5.40. The lowest BCUT2D eigenvalue weighted by Gasteiger charge is -2.12. The van der Waals surface area contributed by atoms with Crippen LogP contribution in [-0.2, 0) is 7.05 Å². The largest absolute Gasteiger partial charge is 0.457 e. The highest BCUT2D eigenvalue weighted by Crippen LogP contribution is 2.30. The number of imidazole rings is 1. The lowest BCUT2D eigenvalue weighted by Crippen LogP contribution is -1.99. The molecule has 0 saturated carbocycles. The molecular formula is C20H18IN5OS. The number of hydrogen-bond donors (Lipinski definition) is 1. The Morgan fingerprint density at radius 3 is 2.75 bits per heavy atom. The highest BCUT2D eigenvalue weighted by molar-refractivity contribution is 14.1. The van der Waals surface area contributed by atoms with Crippen molar-refractivity contribution >= 4 is 56.9 Å². The van der Waals surface area contributed by atoms with Crippen LogP contribution in [0, 0.1) is 10.8 Å². The number of ether oxygens (including phenoxy) is 1. The molecule has 0 amide bonds. The van der Waals surface area contributed by atoms with Crippen molar-refractivity contribution in [2.75, 3.05) is 11.6 Å². The van der Waals surface area contributed by atoms with Crippen LogP contribution < -0.4 is 10.1 Å². The molecule has 4 rings (SSSR count). The van der Waals surface area contributed by atoms with E-state index in [1.54, 1.807) is 18.1 Å². The molecular weight excluding hydrogens is 485 g/mol. The van der Waals surface area contributed by atoms with E-state index in [4.69, 9.17) is 4.74 Å². The van der Waals surface area contributed by atoms with Gasteiger partial charge in [0.1, 0.15) is 22.3 Å². The predicted octanol–water partition coefficient (Wildman–Crippen LogP) is 5.53. The van der Waals surface area contributed by atoms with Crippen LogP contribution in [0.15, 0.2) is 53.8 Å². The molecule has 2 heterocycles. The number of thioether (sulfide) groups is 1. The molecule has 2 aromatic carbocycles. The number of rotatable bonds is 5. The van der Waals surface area contributed by atoms with E-state index < -0.39 is 0 Å². The fourth-order valence-electron chi connectivity index (χ4n) is 2.86. The van der Waals surface area contributed by atoms with Gasteiger partial charge in [-0.1, -0.05) is 0 Å². The number of hydrogen-bond acceptors (Lipinski definition) is 6. The first-order valence-corrected chi connectivity index (χ1v) is 10.9. The Bertz CT molecular complexity index is 1160. The van der Waals surface area contributed by atoms with Crippen molar-refractivity contribution in [3.05, 3.63) is 58.2 Å². The molecule has 0 unspecified atom stereocenters. The molecule has 1 N–H and O–H groups in total. The van der Waals surface area contributed by atoms with E-state index in [2.05, 4.69) is 42.9 Å². The van der Waals surface area contributed by atoms with Gasteiger partial charge in [-0.05, 0) is 49.1 Å². The molecule has 0 atom stereocenters. The molecule has 2 aromatic heterocycles. The van der Waals surface area contributed by atoms with E-state index in [0.717, 1.165) is 44.6 Å². The lowest BCUT2D eigenvalue weighted by atomic mass is 10.2. The lowest BCUT2D eigenvalue weighted by molar-refractivity contribution is 0.479. The number of fused-ring (bicyclic) bond motifs is 1. The normalized spacial score (nSPS) is 11.0. The molecule has 0 aliphatic heterocycles. The third-order valence-corrected chi connectivity index (χ3v) is 5.37. The van der Waals surface area contributed by atoms with E-state index in [1.807, 2.05) is 67.3 Å². The fourth-order valence-corrected chi connectivity index (χ4v) is 3.95. The van der Waals surface area contributed by atoms with Gasteiger partial charge >= 0.3 is 0 Å². The Hall–Kier alpha value is -2.33. The van der Waals surface area contributed by atoms with Gasteiger partial charge in [0, 0.05) is 47.5 Å². The Morgan fingerprint density at radius 2 is 1.96 bits per heavy atom. The van der Waals surface area contributed by atoms with Crippen molar-refractivity contribution in [1.82, 2.24) is 19.5 Å². The molecule has 4 aromatic rings. The number of nitrogens with zero attached hydrogens (tertiary/aromatic N) is 4. The second-order valence-corrected chi connectivity index (χ2v) is 8.07. The minimum Gasteiger partial charge on any atom is -0.457 e. The molecule has 0 saturated heterocycles. The van der Waals surface area contributed by atoms with E-state index >= 15 is 0 Å². The summed E-state index contributed by atoms with van der Waals surface area (Å²) < 4.78 is 8.78. The highest BCUT2D eigenvalue weighted by Gasteiger charge is 2.08. The van der Waals surface area contributed by atoms with Crippen LogP contribution in [0.4, 0.5) is 11.5 Å². The number of benzene rings is 2. The summed E-state index contributed by atoms with van der Waals surface area (Å²) in [5, 5.41) is 4.27. The van der Waals surface area contributed by atoms with E-state index in [1.165, 1.54) is 0 Å². The van der Waals surface area contributed by atoms with Crippen LogP contribution in [0.3, 0.4) is 0 Å². The first-order valence-electron chi connectivity index (χ1n) is 8.57. The number of nitrogens with one attached hydrogen (secondary N) is 1. The number of aryl methyl sites for hydroxylation is 2. The van der Waals surface area contributed by atoms with Crippen molar-refractivity contribution in [3.8, 4) is 11.5 Å². The molecule has 0 radical (unpaired) electrons. The smallest absolute Gasteiger partial charge is 0.193 e. The molecule has 28 heavy (non-hydrogen) atoms. The van der Waals surface area contributed by atoms with Gasteiger partial charge in [0.25, 0.3) is 0 Å². The van der Waals surface area contributed by atoms with Gasteiger partial charge in [0.05, 0.1) is 17.4 Å². The van der Waals surface area contributed by atoms with Crippen LogP contribution in [0.2, 0.25) is 0 Å². The van der Waals surface area contributed by atoms with Gasteiger partial charge in [-0.25, -0.2) is 15.0 Å². The first kappa shape index (κ1) is 19.0. The van der Waals surface area contributed by atoms with Gasteiger partial charge in [0.2, 0.25) is 0 Å². The van der Waals surface area contributed by atoms with Gasteiger partial charge < -0.3 is 14.6 Å². The fraction of sp³-hybridized carbons (Fsp3) is 0.150. The van der Waals surface area contributed by atoms with Crippen LogP contribution >= 0.6 is 34.4 Å². The molecule has 0 aliphatic carbocycles. The summed E-state index contributed by atoms with van der Waals surface area (Å²) in [5.74, 6) is 2.35. The Balaban J connectivity index is 1.54. The SMILES string of the molecule is CSc1cc(Nc2ccc(Oc3ccc4c(c3)ncn4C)c(C)c2)nc(I)n1. The van der Waals surface area contributed by atoms with Crippen LogP contribution in [0.1, 0.15) is 5.56 Å². The maximum Gasteiger partial charge on any atom is 0.193 e. The molecule has 0 bridgehead atoms. The summed E-state index contributed by atoms with van der Waals surface area (Å²) >= 11 is 3.72. The van der Waals surface area contributed by atoms with Gasteiger partial charge in [-0.15, -0.1) is 11.8 Å². The molecule has 0 aliphatic rings. The summed E-state index contributed by atoms with van der Waals surface area (Å²) in [6.45, 7) is 2.02. The molecule has 142 valence electrons. The summed E-state index contributed by atoms with van der Waals surface area (Å²) in [4.78, 5) is 13.2. The van der Waals surface area contributed by atoms with Crippen LogP contribution in [0.5, 0.6) is 11.5 Å². The molecule has 6 nitrogen and oxygen atoms in total. The van der Waals surface area contributed by atoms with Crippen molar-refractivity contribution in [2.24, 2.45) is 7.05 Å². The van der Waals surface area contributed by atoms with Crippen molar-refractivity contribution < 1.29 is 4.74 Å². The molecule has 0 fully saturated rings. The third kappa shape index (κ3) is 4.07. The molecule has 0 spiro atoms. The standard InChI is InChI=1S/C20H18IN5OS/c1-12-8-13(23-18-10-19(28-3)25-20(21)24-18)4-7-17(12)27-14-5-6-16-15(9-14)22-11-26(16)2/h4-11H,1-3H3,(H,23,24,25). The number of halogens is 1. The minimum absolute atomic E-state index is 0.716. The average molecular weight is 503 g/mol. The zero-order valence-electron chi connectivity index (χ0n) is 15.6. The first-order chi connectivity index (χ1) is 13.5. The Labute approximate surface area is 180 Å².